The van der Waals surface area contributed by atoms with E-state index in [1.807, 2.05) is 38.1 Å². The van der Waals surface area contributed by atoms with Gasteiger partial charge in [0.25, 0.3) is 0 Å². The predicted molar refractivity (Wildman–Crippen MR) is 115 cm³/mol. The smallest absolute Gasteiger partial charge is 0.320 e. The van der Waals surface area contributed by atoms with Gasteiger partial charge in [-0.15, -0.1) is 0 Å². The minimum atomic E-state index is -0.814. The number of carboxylic acid groups (broad SMARTS) is 1. The second-order valence-corrected chi connectivity index (χ2v) is 8.28. The van der Waals surface area contributed by atoms with Crippen molar-refractivity contribution < 1.29 is 9.90 Å². The first-order valence-corrected chi connectivity index (χ1v) is 10.1. The Hall–Kier alpha value is -2.01. The number of nitrogens with zero attached hydrogens (tertiary/aromatic N) is 1. The summed E-state index contributed by atoms with van der Waals surface area (Å²) in [5.41, 5.74) is 3.13. The molecule has 0 amide bonds. The number of carboxylic acids is 1. The first-order valence-electron chi connectivity index (χ1n) is 9.32. The molecule has 0 bridgehead atoms. The lowest BCUT2D eigenvalue weighted by atomic mass is 10.0. The molecule has 6 heteroatoms. The Kier molecular flexibility index (Phi) is 6.65. The maximum absolute atomic E-state index is 11.5. The van der Waals surface area contributed by atoms with Gasteiger partial charge < -0.3 is 15.0 Å². The van der Waals surface area contributed by atoms with Crippen LogP contribution in [0.5, 0.6) is 0 Å². The lowest BCUT2D eigenvalue weighted by Crippen LogP contribution is -2.37. The minimum absolute atomic E-state index is 0.307. The van der Waals surface area contributed by atoms with Crippen LogP contribution < -0.4 is 5.32 Å². The summed E-state index contributed by atoms with van der Waals surface area (Å²) in [4.78, 5) is 11.5. The largest absolute Gasteiger partial charge is 0.480 e. The van der Waals surface area contributed by atoms with Crippen LogP contribution in [-0.4, -0.2) is 21.7 Å². The maximum Gasteiger partial charge on any atom is 0.320 e. The van der Waals surface area contributed by atoms with Crippen LogP contribution in [0.3, 0.4) is 0 Å². The standard InChI is InChI=1S/C22H24Cl2N2O2/c1-14(2)9-20(22(27)28)25-11-16-13-26(21-6-4-3-5-18(16)21)12-15-7-8-17(23)10-19(15)24/h3-8,10,13-14,20,25H,9,11-12H2,1-2H3,(H,27,28). The zero-order valence-electron chi connectivity index (χ0n) is 16.0. The third kappa shape index (κ3) is 4.88. The fourth-order valence-corrected chi connectivity index (χ4v) is 3.87. The number of rotatable bonds is 8. The fourth-order valence-electron chi connectivity index (χ4n) is 3.40. The molecule has 3 aromatic rings. The summed E-state index contributed by atoms with van der Waals surface area (Å²) in [5.74, 6) is -0.507. The van der Waals surface area contributed by atoms with E-state index in [4.69, 9.17) is 23.2 Å². The van der Waals surface area contributed by atoms with E-state index in [-0.39, 0.29) is 0 Å². The third-order valence-corrected chi connectivity index (χ3v) is 5.36. The van der Waals surface area contributed by atoms with Gasteiger partial charge in [-0.25, -0.2) is 0 Å². The van der Waals surface area contributed by atoms with Crippen LogP contribution in [0.15, 0.2) is 48.7 Å². The molecule has 0 saturated carbocycles. The summed E-state index contributed by atoms with van der Waals surface area (Å²) < 4.78 is 2.14. The molecule has 1 atom stereocenters. The van der Waals surface area contributed by atoms with Crippen LogP contribution in [0.1, 0.15) is 31.4 Å². The topological polar surface area (TPSA) is 54.3 Å². The average Bonchev–Trinajstić information content (AvgIpc) is 2.98. The molecule has 2 N–H and O–H groups in total. The van der Waals surface area contributed by atoms with E-state index >= 15 is 0 Å². The molecule has 148 valence electrons. The van der Waals surface area contributed by atoms with Crippen molar-refractivity contribution in [2.24, 2.45) is 5.92 Å². The molecule has 0 aliphatic rings. The molecule has 0 saturated heterocycles. The maximum atomic E-state index is 11.5. The van der Waals surface area contributed by atoms with Crippen molar-refractivity contribution in [3.8, 4) is 0 Å². The van der Waals surface area contributed by atoms with E-state index in [2.05, 4.69) is 28.2 Å². The minimum Gasteiger partial charge on any atom is -0.480 e. The monoisotopic (exact) mass is 418 g/mol. The summed E-state index contributed by atoms with van der Waals surface area (Å²) in [6.07, 6.45) is 2.66. The second kappa shape index (κ2) is 8.99. The van der Waals surface area contributed by atoms with Crippen molar-refractivity contribution in [1.29, 1.82) is 0 Å². The number of aliphatic carboxylic acids is 1. The number of para-hydroxylation sites is 1. The third-order valence-electron chi connectivity index (χ3n) is 4.77. The number of hydrogen-bond donors (Lipinski definition) is 2. The number of hydrogen-bond acceptors (Lipinski definition) is 2. The zero-order valence-corrected chi connectivity index (χ0v) is 17.5. The number of nitrogens with one attached hydrogen (secondary N) is 1. The van der Waals surface area contributed by atoms with E-state index in [1.165, 1.54) is 0 Å². The number of fused-ring (bicyclic) bond motifs is 1. The Labute approximate surface area is 175 Å². The highest BCUT2D eigenvalue weighted by molar-refractivity contribution is 6.35. The van der Waals surface area contributed by atoms with E-state index in [9.17, 15) is 9.90 Å². The van der Waals surface area contributed by atoms with Crippen molar-refractivity contribution >= 4 is 40.1 Å². The highest BCUT2D eigenvalue weighted by Gasteiger charge is 2.19. The van der Waals surface area contributed by atoms with Gasteiger partial charge in [-0.05, 0) is 41.7 Å². The van der Waals surface area contributed by atoms with Crippen LogP contribution in [0.2, 0.25) is 10.0 Å². The average molecular weight is 419 g/mol. The van der Waals surface area contributed by atoms with Crippen molar-refractivity contribution in [2.45, 2.75) is 39.4 Å². The molecule has 1 aromatic heterocycles. The molecular weight excluding hydrogens is 395 g/mol. The van der Waals surface area contributed by atoms with E-state index < -0.39 is 12.0 Å². The lowest BCUT2D eigenvalue weighted by Gasteiger charge is -2.16. The quantitative estimate of drug-likeness (QED) is 0.501. The predicted octanol–water partition coefficient (Wildman–Crippen LogP) is 5.59. The number of aromatic nitrogens is 1. The molecular formula is C22H24Cl2N2O2. The van der Waals surface area contributed by atoms with E-state index in [1.54, 1.807) is 6.07 Å². The first-order chi connectivity index (χ1) is 13.3. The van der Waals surface area contributed by atoms with Crippen molar-refractivity contribution in [3.63, 3.8) is 0 Å². The Morgan fingerprint density at radius 1 is 1.14 bits per heavy atom. The summed E-state index contributed by atoms with van der Waals surface area (Å²) in [5, 5.41) is 15.0. The summed E-state index contributed by atoms with van der Waals surface area (Å²) in [7, 11) is 0. The van der Waals surface area contributed by atoms with E-state index in [0.29, 0.717) is 35.5 Å². The highest BCUT2D eigenvalue weighted by Crippen LogP contribution is 2.26. The van der Waals surface area contributed by atoms with Gasteiger partial charge in [0.15, 0.2) is 0 Å². The van der Waals surface area contributed by atoms with Gasteiger partial charge in [-0.3, -0.25) is 4.79 Å². The SMILES string of the molecule is CC(C)CC(NCc1cn(Cc2ccc(Cl)cc2Cl)c2ccccc12)C(=O)O. The van der Waals surface area contributed by atoms with Crippen molar-refractivity contribution in [3.05, 3.63) is 69.8 Å². The van der Waals surface area contributed by atoms with Gasteiger partial charge in [0.2, 0.25) is 0 Å². The Bertz CT molecular complexity index is 982. The highest BCUT2D eigenvalue weighted by atomic mass is 35.5. The molecule has 0 aliphatic carbocycles. The van der Waals surface area contributed by atoms with E-state index in [0.717, 1.165) is 22.0 Å². The van der Waals surface area contributed by atoms with Crippen molar-refractivity contribution in [1.82, 2.24) is 9.88 Å². The molecule has 0 fully saturated rings. The number of halogens is 2. The van der Waals surface area contributed by atoms with Crippen LogP contribution in [0.25, 0.3) is 10.9 Å². The van der Waals surface area contributed by atoms with Gasteiger partial charge in [-0.1, -0.05) is 61.3 Å². The zero-order chi connectivity index (χ0) is 20.3. The van der Waals surface area contributed by atoms with Crippen LogP contribution >= 0.6 is 23.2 Å². The van der Waals surface area contributed by atoms with Crippen LogP contribution in [0.4, 0.5) is 0 Å². The fraction of sp³-hybridized carbons (Fsp3) is 0.318. The molecule has 3 rings (SSSR count). The summed E-state index contributed by atoms with van der Waals surface area (Å²) in [6.45, 7) is 5.16. The molecule has 1 heterocycles. The molecule has 2 aromatic carbocycles. The first kappa shape index (κ1) is 20.7. The van der Waals surface area contributed by atoms with Gasteiger partial charge in [0, 0.05) is 40.2 Å². The Morgan fingerprint density at radius 3 is 2.57 bits per heavy atom. The summed E-state index contributed by atoms with van der Waals surface area (Å²) >= 11 is 12.4. The number of carbonyl (C=O) groups is 1. The van der Waals surface area contributed by atoms with Gasteiger partial charge in [-0.2, -0.15) is 0 Å². The Balaban J connectivity index is 1.87. The van der Waals surface area contributed by atoms with Crippen LogP contribution in [0, 0.1) is 5.92 Å². The molecule has 4 nitrogen and oxygen atoms in total. The molecule has 0 spiro atoms. The summed E-state index contributed by atoms with van der Waals surface area (Å²) in [6, 6.07) is 13.1. The second-order valence-electron chi connectivity index (χ2n) is 7.44. The molecule has 28 heavy (non-hydrogen) atoms. The Morgan fingerprint density at radius 2 is 1.89 bits per heavy atom. The molecule has 0 aliphatic heterocycles. The van der Waals surface area contributed by atoms with Gasteiger partial charge in [0.05, 0.1) is 0 Å². The normalized spacial score (nSPS) is 12.6. The molecule has 0 radical (unpaired) electrons. The van der Waals surface area contributed by atoms with Gasteiger partial charge >= 0.3 is 5.97 Å². The van der Waals surface area contributed by atoms with Gasteiger partial charge in [0.1, 0.15) is 6.04 Å². The van der Waals surface area contributed by atoms with Crippen molar-refractivity contribution in [2.75, 3.05) is 0 Å². The lowest BCUT2D eigenvalue weighted by molar-refractivity contribution is -0.140. The molecule has 1 unspecified atom stereocenters. The number of benzene rings is 2. The van der Waals surface area contributed by atoms with Crippen LogP contribution in [-0.2, 0) is 17.9 Å².